The van der Waals surface area contributed by atoms with Crippen LogP contribution in [0.4, 0.5) is 0 Å². The molecule has 0 saturated carbocycles. The summed E-state index contributed by atoms with van der Waals surface area (Å²) in [6.45, 7) is 10.0. The molecule has 3 saturated heterocycles. The number of ether oxygens (including phenoxy) is 4. The molecule has 116 valence electrons. The summed E-state index contributed by atoms with van der Waals surface area (Å²) < 4.78 is 25.3. The van der Waals surface area contributed by atoms with Gasteiger partial charge in [0.15, 0.2) is 0 Å². The van der Waals surface area contributed by atoms with E-state index in [0.717, 1.165) is 38.9 Å². The Morgan fingerprint density at radius 2 is 1.10 bits per heavy atom. The Balaban J connectivity index is 2.02. The Morgan fingerprint density at radius 3 is 1.45 bits per heavy atom. The molecule has 0 bridgehead atoms. The van der Waals surface area contributed by atoms with E-state index in [0.29, 0.717) is 0 Å². The van der Waals surface area contributed by atoms with Crippen LogP contribution >= 0.6 is 0 Å². The zero-order chi connectivity index (χ0) is 14.4. The fourth-order valence-electron chi connectivity index (χ4n) is 3.99. The van der Waals surface area contributed by atoms with Crippen LogP contribution in [0.25, 0.3) is 0 Å². The van der Waals surface area contributed by atoms with Crippen molar-refractivity contribution in [2.24, 2.45) is 11.8 Å². The molecule has 3 aliphatic heterocycles. The van der Waals surface area contributed by atoms with Gasteiger partial charge in [0.2, 0.25) is 11.6 Å². The zero-order valence-corrected chi connectivity index (χ0v) is 13.2. The van der Waals surface area contributed by atoms with E-state index in [4.69, 9.17) is 18.9 Å². The molecule has 3 fully saturated rings. The molecule has 0 unspecified atom stereocenters. The molecule has 0 amide bonds. The molecule has 0 aromatic heterocycles. The van der Waals surface area contributed by atoms with Gasteiger partial charge in [-0.25, -0.2) is 0 Å². The summed E-state index contributed by atoms with van der Waals surface area (Å²) >= 11 is 0. The number of fused-ring (bicyclic) bond motifs is 1. The van der Waals surface area contributed by atoms with Gasteiger partial charge >= 0.3 is 0 Å². The average Bonchev–Trinajstić information content (AvgIpc) is 2.42. The second-order valence-corrected chi connectivity index (χ2v) is 6.76. The van der Waals surface area contributed by atoms with E-state index in [2.05, 4.69) is 27.7 Å². The Morgan fingerprint density at radius 1 is 0.700 bits per heavy atom. The third-order valence-electron chi connectivity index (χ3n) is 5.36. The van der Waals surface area contributed by atoms with Crippen molar-refractivity contribution < 1.29 is 18.9 Å². The fraction of sp³-hybridized carbons (Fsp3) is 1.00. The predicted molar refractivity (Wildman–Crippen MR) is 75.3 cm³/mol. The van der Waals surface area contributed by atoms with E-state index < -0.39 is 11.6 Å². The minimum Gasteiger partial charge on any atom is -0.345 e. The summed E-state index contributed by atoms with van der Waals surface area (Å²) in [6, 6.07) is 0. The lowest BCUT2D eigenvalue weighted by Gasteiger charge is -2.61. The minimum absolute atomic E-state index is 0.0268. The van der Waals surface area contributed by atoms with Gasteiger partial charge in [0.25, 0.3) is 0 Å². The van der Waals surface area contributed by atoms with Gasteiger partial charge in [0, 0.05) is 11.8 Å². The third-order valence-corrected chi connectivity index (χ3v) is 5.36. The maximum absolute atomic E-state index is 6.43. The van der Waals surface area contributed by atoms with Crippen LogP contribution in [-0.4, -0.2) is 37.0 Å². The van der Waals surface area contributed by atoms with Gasteiger partial charge in [-0.3, -0.25) is 0 Å². The highest BCUT2D eigenvalue weighted by Crippen LogP contribution is 2.53. The first kappa shape index (κ1) is 14.8. The lowest BCUT2D eigenvalue weighted by Crippen LogP contribution is -2.74. The van der Waals surface area contributed by atoms with E-state index in [-0.39, 0.29) is 24.0 Å². The molecule has 3 rings (SSSR count). The van der Waals surface area contributed by atoms with E-state index in [1.165, 1.54) is 0 Å². The van der Waals surface area contributed by atoms with Crippen LogP contribution in [0, 0.1) is 11.8 Å². The molecule has 0 aromatic carbocycles. The lowest BCUT2D eigenvalue weighted by molar-refractivity contribution is -0.500. The highest BCUT2D eigenvalue weighted by molar-refractivity contribution is 5.03. The summed E-state index contributed by atoms with van der Waals surface area (Å²) in [5.74, 6) is -0.910. The largest absolute Gasteiger partial charge is 0.345 e. The molecule has 6 atom stereocenters. The van der Waals surface area contributed by atoms with Crippen LogP contribution in [0.2, 0.25) is 0 Å². The number of rotatable bonds is 0. The summed E-state index contributed by atoms with van der Waals surface area (Å²) in [6.07, 6.45) is 4.42. The van der Waals surface area contributed by atoms with E-state index >= 15 is 0 Å². The van der Waals surface area contributed by atoms with Gasteiger partial charge in [-0.15, -0.1) is 0 Å². The summed E-state index contributed by atoms with van der Waals surface area (Å²) in [7, 11) is 0. The second kappa shape index (κ2) is 5.24. The standard InChI is InChI=1S/C16H28O4/c1-11-7-5-9-17-15(11)16(12(2)8-6-10-18-16)20-14(4)13(3)19-15/h11-14H,5-10H2,1-4H3/t11-,12-,13+,14+,15-,16-/m1/s1. The normalized spacial score (nSPS) is 53.4. The summed E-state index contributed by atoms with van der Waals surface area (Å²) in [4.78, 5) is 0. The first-order chi connectivity index (χ1) is 9.52. The highest BCUT2D eigenvalue weighted by atomic mass is 16.8. The average molecular weight is 284 g/mol. The van der Waals surface area contributed by atoms with Gasteiger partial charge < -0.3 is 18.9 Å². The maximum Gasteiger partial charge on any atom is 0.227 e. The molecular weight excluding hydrogens is 256 g/mol. The van der Waals surface area contributed by atoms with Gasteiger partial charge in [0.05, 0.1) is 25.4 Å². The molecule has 0 radical (unpaired) electrons. The molecule has 0 aromatic rings. The Hall–Kier alpha value is -0.160. The van der Waals surface area contributed by atoms with Crippen molar-refractivity contribution in [3.63, 3.8) is 0 Å². The molecule has 2 spiro atoms. The van der Waals surface area contributed by atoms with Crippen LogP contribution in [0.5, 0.6) is 0 Å². The fourth-order valence-corrected chi connectivity index (χ4v) is 3.99. The molecular formula is C16H28O4. The van der Waals surface area contributed by atoms with E-state index in [1.807, 2.05) is 0 Å². The van der Waals surface area contributed by atoms with E-state index in [1.54, 1.807) is 0 Å². The molecule has 3 aliphatic rings. The van der Waals surface area contributed by atoms with Gasteiger partial charge in [0.1, 0.15) is 0 Å². The molecule has 20 heavy (non-hydrogen) atoms. The van der Waals surface area contributed by atoms with Crippen molar-refractivity contribution in [1.29, 1.82) is 0 Å². The topological polar surface area (TPSA) is 36.9 Å². The summed E-state index contributed by atoms with van der Waals surface area (Å²) in [5, 5.41) is 0. The van der Waals surface area contributed by atoms with Crippen molar-refractivity contribution in [2.45, 2.75) is 77.2 Å². The zero-order valence-electron chi connectivity index (χ0n) is 13.2. The quantitative estimate of drug-likeness (QED) is 0.685. The number of hydrogen-bond donors (Lipinski definition) is 0. The predicted octanol–water partition coefficient (Wildman–Crippen LogP) is 3.10. The summed E-state index contributed by atoms with van der Waals surface area (Å²) in [5.41, 5.74) is 0. The Labute approximate surface area is 122 Å². The highest BCUT2D eigenvalue weighted by Gasteiger charge is 2.67. The Kier molecular flexibility index (Phi) is 3.87. The van der Waals surface area contributed by atoms with Gasteiger partial charge in [-0.1, -0.05) is 13.8 Å². The third kappa shape index (κ3) is 1.96. The Bertz CT molecular complexity index is 326. The van der Waals surface area contributed by atoms with Crippen LogP contribution in [0.1, 0.15) is 53.4 Å². The first-order valence-electron chi connectivity index (χ1n) is 8.15. The van der Waals surface area contributed by atoms with Crippen LogP contribution < -0.4 is 0 Å². The van der Waals surface area contributed by atoms with Gasteiger partial charge in [-0.05, 0) is 39.5 Å². The molecule has 0 N–H and O–H groups in total. The lowest BCUT2D eigenvalue weighted by atomic mass is 9.76. The second-order valence-electron chi connectivity index (χ2n) is 6.76. The monoisotopic (exact) mass is 284 g/mol. The SMILES string of the molecule is C[C@@H]1O[C@@]2(OCCC[C@H]2C)[C@]2(OCCC[C@H]2C)O[C@H]1C. The van der Waals surface area contributed by atoms with Crippen molar-refractivity contribution in [2.75, 3.05) is 13.2 Å². The minimum atomic E-state index is -0.739. The van der Waals surface area contributed by atoms with E-state index in [9.17, 15) is 0 Å². The van der Waals surface area contributed by atoms with Gasteiger partial charge in [-0.2, -0.15) is 0 Å². The van der Waals surface area contributed by atoms with Crippen LogP contribution in [0.15, 0.2) is 0 Å². The molecule has 4 heteroatoms. The maximum atomic E-state index is 6.43. The van der Waals surface area contributed by atoms with Crippen molar-refractivity contribution in [3.05, 3.63) is 0 Å². The number of hydrogen-bond acceptors (Lipinski definition) is 4. The molecule has 0 aliphatic carbocycles. The first-order valence-corrected chi connectivity index (χ1v) is 8.15. The van der Waals surface area contributed by atoms with Crippen LogP contribution in [-0.2, 0) is 18.9 Å². The molecule has 4 nitrogen and oxygen atoms in total. The van der Waals surface area contributed by atoms with Crippen molar-refractivity contribution in [1.82, 2.24) is 0 Å². The van der Waals surface area contributed by atoms with Crippen LogP contribution in [0.3, 0.4) is 0 Å². The smallest absolute Gasteiger partial charge is 0.227 e. The molecule has 3 heterocycles. The van der Waals surface area contributed by atoms with Crippen molar-refractivity contribution in [3.8, 4) is 0 Å². The van der Waals surface area contributed by atoms with Crippen molar-refractivity contribution >= 4 is 0 Å².